The first kappa shape index (κ1) is 15.4. The molecule has 1 amide bonds. The van der Waals surface area contributed by atoms with Crippen molar-refractivity contribution in [3.05, 3.63) is 51.7 Å². The van der Waals surface area contributed by atoms with Crippen LogP contribution in [0.4, 0.5) is 8.78 Å². The Hall–Kier alpha value is -1.95. The van der Waals surface area contributed by atoms with Gasteiger partial charge in [-0.3, -0.25) is 4.79 Å². The summed E-state index contributed by atoms with van der Waals surface area (Å²) in [6.45, 7) is -0.339. The monoisotopic (exact) mass is 311 g/mol. The maximum Gasteiger partial charge on any atom is 0.387 e. The molecule has 6 heteroatoms. The van der Waals surface area contributed by atoms with Crippen molar-refractivity contribution < 1.29 is 18.3 Å². The fourth-order valence-electron chi connectivity index (χ4n) is 1.85. The van der Waals surface area contributed by atoms with Crippen molar-refractivity contribution in [1.82, 2.24) is 4.90 Å². The zero-order valence-electron chi connectivity index (χ0n) is 11.7. The van der Waals surface area contributed by atoms with E-state index in [2.05, 4.69) is 4.74 Å². The average molecular weight is 311 g/mol. The molecule has 0 aliphatic rings. The number of nitrogens with zero attached hydrogens (tertiary/aromatic N) is 1. The summed E-state index contributed by atoms with van der Waals surface area (Å²) in [4.78, 5) is 15.0. The molecule has 3 nitrogen and oxygen atoms in total. The van der Waals surface area contributed by atoms with Gasteiger partial charge in [0, 0.05) is 17.5 Å². The van der Waals surface area contributed by atoms with Gasteiger partial charge in [0.2, 0.25) is 0 Å². The lowest BCUT2D eigenvalue weighted by atomic mass is 10.2. The van der Waals surface area contributed by atoms with E-state index in [0.717, 1.165) is 10.4 Å². The molecule has 0 bridgehead atoms. The van der Waals surface area contributed by atoms with Gasteiger partial charge >= 0.3 is 6.61 Å². The second kappa shape index (κ2) is 6.67. The number of rotatable bonds is 5. The molecule has 0 saturated heterocycles. The summed E-state index contributed by atoms with van der Waals surface area (Å²) in [5, 5.41) is 1.99. The fourth-order valence-corrected chi connectivity index (χ4v) is 2.81. The van der Waals surface area contributed by atoms with Crippen LogP contribution in [0, 0.1) is 6.92 Å². The van der Waals surface area contributed by atoms with E-state index in [-0.39, 0.29) is 11.7 Å². The Morgan fingerprint density at radius 2 is 1.95 bits per heavy atom. The fraction of sp³-hybridized carbons (Fsp3) is 0.267. The molecule has 0 aliphatic carbocycles. The summed E-state index contributed by atoms with van der Waals surface area (Å²) in [7, 11) is 1.71. The zero-order valence-corrected chi connectivity index (χ0v) is 12.5. The van der Waals surface area contributed by atoms with E-state index >= 15 is 0 Å². The Balaban J connectivity index is 2.03. The van der Waals surface area contributed by atoms with E-state index in [4.69, 9.17) is 0 Å². The summed E-state index contributed by atoms with van der Waals surface area (Å²) in [5.41, 5.74) is 1.59. The summed E-state index contributed by atoms with van der Waals surface area (Å²) in [6, 6.07) is 7.71. The van der Waals surface area contributed by atoms with E-state index in [0.29, 0.717) is 12.1 Å². The number of carbonyl (C=O) groups is 1. The molecular formula is C15H15F2NO2S. The highest BCUT2D eigenvalue weighted by molar-refractivity contribution is 7.10. The minimum Gasteiger partial charge on any atom is -0.435 e. The Morgan fingerprint density at radius 1 is 1.29 bits per heavy atom. The molecule has 0 spiro atoms. The molecule has 1 aromatic carbocycles. The van der Waals surface area contributed by atoms with Crippen molar-refractivity contribution >= 4 is 17.2 Å². The number of thiophene rings is 1. The molecule has 0 radical (unpaired) electrons. The van der Waals surface area contributed by atoms with E-state index in [1.807, 2.05) is 18.4 Å². The first-order chi connectivity index (χ1) is 9.97. The molecule has 21 heavy (non-hydrogen) atoms. The van der Waals surface area contributed by atoms with E-state index in [9.17, 15) is 13.6 Å². The van der Waals surface area contributed by atoms with Crippen molar-refractivity contribution in [2.24, 2.45) is 0 Å². The first-order valence-electron chi connectivity index (χ1n) is 6.30. The Kier molecular flexibility index (Phi) is 4.90. The minimum absolute atomic E-state index is 0.0401. The number of hydrogen-bond acceptors (Lipinski definition) is 3. The molecule has 0 unspecified atom stereocenters. The van der Waals surface area contributed by atoms with Gasteiger partial charge in [-0.05, 0) is 48.2 Å². The maximum atomic E-state index is 12.3. The Labute approximate surface area is 125 Å². The number of alkyl halides is 2. The summed E-state index contributed by atoms with van der Waals surface area (Å²) in [6.07, 6.45) is 0. The van der Waals surface area contributed by atoms with E-state index in [1.165, 1.54) is 24.3 Å². The van der Waals surface area contributed by atoms with Crippen LogP contribution in [0.15, 0.2) is 35.7 Å². The van der Waals surface area contributed by atoms with Crippen LogP contribution in [-0.2, 0) is 6.54 Å². The lowest BCUT2D eigenvalue weighted by molar-refractivity contribution is -0.0498. The maximum absolute atomic E-state index is 12.3. The van der Waals surface area contributed by atoms with Gasteiger partial charge in [-0.25, -0.2) is 0 Å². The van der Waals surface area contributed by atoms with Gasteiger partial charge < -0.3 is 9.64 Å². The van der Waals surface area contributed by atoms with Crippen LogP contribution in [0.2, 0.25) is 0 Å². The van der Waals surface area contributed by atoms with E-state index < -0.39 is 6.61 Å². The van der Waals surface area contributed by atoms with Gasteiger partial charge in [-0.15, -0.1) is 11.3 Å². The van der Waals surface area contributed by atoms with Gasteiger partial charge in [0.15, 0.2) is 0 Å². The Bertz CT molecular complexity index is 610. The van der Waals surface area contributed by atoms with Gasteiger partial charge in [-0.2, -0.15) is 8.78 Å². The highest BCUT2D eigenvalue weighted by Crippen LogP contribution is 2.19. The lowest BCUT2D eigenvalue weighted by Crippen LogP contribution is -2.26. The molecule has 0 N–H and O–H groups in total. The number of ether oxygens (including phenoxy) is 1. The topological polar surface area (TPSA) is 29.5 Å². The average Bonchev–Trinajstić information content (AvgIpc) is 2.83. The van der Waals surface area contributed by atoms with Crippen LogP contribution in [-0.4, -0.2) is 24.5 Å². The third kappa shape index (κ3) is 4.01. The number of halogens is 2. The van der Waals surface area contributed by atoms with Gasteiger partial charge in [0.1, 0.15) is 5.75 Å². The number of aryl methyl sites for hydroxylation is 1. The van der Waals surface area contributed by atoms with Gasteiger partial charge in [0.25, 0.3) is 5.91 Å². The molecule has 0 aliphatic heterocycles. The molecule has 2 aromatic rings. The van der Waals surface area contributed by atoms with Crippen LogP contribution >= 0.6 is 11.3 Å². The van der Waals surface area contributed by atoms with Crippen LogP contribution in [0.5, 0.6) is 5.75 Å². The van der Waals surface area contributed by atoms with Crippen molar-refractivity contribution in [3.8, 4) is 5.75 Å². The summed E-state index contributed by atoms with van der Waals surface area (Å²) >= 11 is 1.60. The normalized spacial score (nSPS) is 10.7. The van der Waals surface area contributed by atoms with Crippen LogP contribution in [0.1, 0.15) is 20.8 Å². The second-order valence-corrected chi connectivity index (χ2v) is 5.59. The minimum atomic E-state index is -2.86. The molecule has 0 saturated carbocycles. The lowest BCUT2D eigenvalue weighted by Gasteiger charge is -2.17. The van der Waals surface area contributed by atoms with Crippen molar-refractivity contribution in [2.45, 2.75) is 20.1 Å². The molecule has 1 heterocycles. The number of amides is 1. The number of benzene rings is 1. The first-order valence-corrected chi connectivity index (χ1v) is 7.18. The highest BCUT2D eigenvalue weighted by Gasteiger charge is 2.14. The van der Waals surface area contributed by atoms with E-state index in [1.54, 1.807) is 23.3 Å². The molecule has 0 atom stereocenters. The number of carbonyl (C=O) groups excluding carboxylic acids is 1. The molecule has 112 valence electrons. The summed E-state index contributed by atoms with van der Waals surface area (Å²) in [5.74, 6) is -0.121. The van der Waals surface area contributed by atoms with Crippen LogP contribution in [0.3, 0.4) is 0 Å². The third-order valence-corrected chi connectivity index (χ3v) is 4.03. The quantitative estimate of drug-likeness (QED) is 0.837. The second-order valence-electron chi connectivity index (χ2n) is 4.59. The SMILES string of the molecule is Cc1ccsc1CN(C)C(=O)c1ccc(OC(F)F)cc1. The molecule has 0 fully saturated rings. The smallest absolute Gasteiger partial charge is 0.387 e. The van der Waals surface area contributed by atoms with Gasteiger partial charge in [-0.1, -0.05) is 0 Å². The highest BCUT2D eigenvalue weighted by atomic mass is 32.1. The largest absolute Gasteiger partial charge is 0.435 e. The predicted octanol–water partition coefficient (Wildman–Crippen LogP) is 3.93. The molecule has 1 aromatic heterocycles. The third-order valence-electron chi connectivity index (χ3n) is 3.02. The van der Waals surface area contributed by atoms with Crippen molar-refractivity contribution in [1.29, 1.82) is 0 Å². The Morgan fingerprint density at radius 3 is 2.48 bits per heavy atom. The summed E-state index contributed by atoms with van der Waals surface area (Å²) < 4.78 is 28.4. The van der Waals surface area contributed by atoms with Crippen LogP contribution in [0.25, 0.3) is 0 Å². The predicted molar refractivity (Wildman–Crippen MR) is 77.9 cm³/mol. The number of hydrogen-bond donors (Lipinski definition) is 0. The van der Waals surface area contributed by atoms with Gasteiger partial charge in [0.05, 0.1) is 6.54 Å². The molecule has 2 rings (SSSR count). The van der Waals surface area contributed by atoms with Crippen molar-refractivity contribution in [3.63, 3.8) is 0 Å². The van der Waals surface area contributed by atoms with Crippen molar-refractivity contribution in [2.75, 3.05) is 7.05 Å². The standard InChI is InChI=1S/C15H15F2NO2S/c1-10-7-8-21-13(10)9-18(2)14(19)11-3-5-12(6-4-11)20-15(16)17/h3-8,15H,9H2,1-2H3. The van der Waals surface area contributed by atoms with Crippen LogP contribution < -0.4 is 4.74 Å². The zero-order chi connectivity index (χ0) is 15.4. The molecular weight excluding hydrogens is 296 g/mol.